The van der Waals surface area contributed by atoms with Gasteiger partial charge in [-0.25, -0.2) is 0 Å². The first-order chi connectivity index (χ1) is 7.18. The summed E-state index contributed by atoms with van der Waals surface area (Å²) in [6.45, 7) is 0. The molecule has 15 heavy (non-hydrogen) atoms. The maximum absolute atomic E-state index is 9.36. The maximum Gasteiger partial charge on any atom is 0.200 e. The monoisotopic (exact) mass is 204 g/mol. The molecule has 3 heteroatoms. The van der Waals surface area contributed by atoms with Crippen LogP contribution in [0, 0.1) is 0 Å². The molecule has 3 nitrogen and oxygen atoms in total. The maximum atomic E-state index is 9.36. The molecule has 0 amide bonds. The summed E-state index contributed by atoms with van der Waals surface area (Å²) in [6, 6.07) is 2.95. The molecule has 1 aliphatic rings. The van der Waals surface area contributed by atoms with Crippen molar-refractivity contribution in [3.8, 4) is 17.2 Å². The van der Waals surface area contributed by atoms with Crippen LogP contribution in [0.3, 0.4) is 0 Å². The molecule has 78 valence electrons. The first-order valence-electron chi connectivity index (χ1n) is 4.76. The topological polar surface area (TPSA) is 60.7 Å². The Morgan fingerprint density at radius 2 is 1.67 bits per heavy atom. The van der Waals surface area contributed by atoms with Gasteiger partial charge in [-0.15, -0.1) is 0 Å². The smallest absolute Gasteiger partial charge is 0.200 e. The summed E-state index contributed by atoms with van der Waals surface area (Å²) in [4.78, 5) is 0. The van der Waals surface area contributed by atoms with E-state index in [1.165, 1.54) is 12.1 Å². The zero-order chi connectivity index (χ0) is 10.8. The van der Waals surface area contributed by atoms with Crippen molar-refractivity contribution < 1.29 is 15.3 Å². The Morgan fingerprint density at radius 3 is 2.20 bits per heavy atom. The summed E-state index contributed by atoms with van der Waals surface area (Å²) >= 11 is 0. The lowest BCUT2D eigenvalue weighted by Crippen LogP contribution is -1.95. The second-order valence-electron chi connectivity index (χ2n) is 3.56. The highest BCUT2D eigenvalue weighted by Gasteiger charge is 2.14. The van der Waals surface area contributed by atoms with E-state index in [0.717, 1.165) is 12.0 Å². The Bertz CT molecular complexity index is 409. The summed E-state index contributed by atoms with van der Waals surface area (Å²) in [5, 5.41) is 27.9. The van der Waals surface area contributed by atoms with Gasteiger partial charge in [0.25, 0.3) is 0 Å². The number of hydrogen-bond acceptors (Lipinski definition) is 3. The highest BCUT2D eigenvalue weighted by Crippen LogP contribution is 2.39. The van der Waals surface area contributed by atoms with Gasteiger partial charge < -0.3 is 15.3 Å². The Labute approximate surface area is 87.6 Å². The molecule has 1 unspecified atom stereocenters. The molecule has 0 saturated carbocycles. The van der Waals surface area contributed by atoms with Crippen LogP contribution in [-0.2, 0) is 0 Å². The number of rotatable bonds is 1. The second-order valence-corrected chi connectivity index (χ2v) is 3.56. The van der Waals surface area contributed by atoms with Crippen LogP contribution in [0.25, 0.3) is 0 Å². The van der Waals surface area contributed by atoms with Crippen molar-refractivity contribution in [2.24, 2.45) is 0 Å². The third-order valence-electron chi connectivity index (χ3n) is 2.50. The lowest BCUT2D eigenvalue weighted by Gasteiger charge is -2.14. The molecule has 0 bridgehead atoms. The Morgan fingerprint density at radius 1 is 1.00 bits per heavy atom. The first kappa shape index (κ1) is 9.65. The predicted molar refractivity (Wildman–Crippen MR) is 57.1 cm³/mol. The van der Waals surface area contributed by atoms with Crippen molar-refractivity contribution in [2.75, 3.05) is 0 Å². The van der Waals surface area contributed by atoms with Crippen molar-refractivity contribution in [1.29, 1.82) is 0 Å². The molecule has 1 atom stereocenters. The number of allylic oxidation sites excluding steroid dienone is 4. The summed E-state index contributed by atoms with van der Waals surface area (Å²) in [7, 11) is 0. The zero-order valence-electron chi connectivity index (χ0n) is 8.09. The van der Waals surface area contributed by atoms with Crippen LogP contribution < -0.4 is 0 Å². The average molecular weight is 204 g/mol. The molecule has 2 rings (SSSR count). The van der Waals surface area contributed by atoms with Crippen LogP contribution in [0.4, 0.5) is 0 Å². The Kier molecular flexibility index (Phi) is 2.37. The minimum absolute atomic E-state index is 0.146. The number of benzene rings is 1. The quantitative estimate of drug-likeness (QED) is 0.615. The van der Waals surface area contributed by atoms with Gasteiger partial charge in [0.05, 0.1) is 0 Å². The molecular weight excluding hydrogens is 192 g/mol. The van der Waals surface area contributed by atoms with Crippen LogP contribution in [0.5, 0.6) is 17.2 Å². The fraction of sp³-hybridized carbons (Fsp3) is 0.167. The highest BCUT2D eigenvalue weighted by atomic mass is 16.3. The van der Waals surface area contributed by atoms with Gasteiger partial charge in [-0.2, -0.15) is 0 Å². The van der Waals surface area contributed by atoms with Gasteiger partial charge in [0.2, 0.25) is 0 Å². The molecule has 0 fully saturated rings. The van der Waals surface area contributed by atoms with Crippen molar-refractivity contribution >= 4 is 0 Å². The van der Waals surface area contributed by atoms with Gasteiger partial charge in [-0.1, -0.05) is 24.3 Å². The van der Waals surface area contributed by atoms with Crippen LogP contribution in [0.15, 0.2) is 36.4 Å². The van der Waals surface area contributed by atoms with E-state index in [1.54, 1.807) is 0 Å². The number of phenolic OH excluding ortho intramolecular Hbond substituents is 3. The van der Waals surface area contributed by atoms with Gasteiger partial charge in [0.15, 0.2) is 17.2 Å². The zero-order valence-corrected chi connectivity index (χ0v) is 8.09. The van der Waals surface area contributed by atoms with Crippen LogP contribution in [0.1, 0.15) is 17.9 Å². The number of hydrogen-bond donors (Lipinski definition) is 3. The Hall–Kier alpha value is -1.90. The first-order valence-corrected chi connectivity index (χ1v) is 4.76. The van der Waals surface area contributed by atoms with E-state index in [2.05, 4.69) is 0 Å². The molecule has 1 aliphatic carbocycles. The summed E-state index contributed by atoms with van der Waals surface area (Å²) in [5.41, 5.74) is 0.795. The van der Waals surface area contributed by atoms with Gasteiger partial charge in [0.1, 0.15) is 0 Å². The molecule has 0 radical (unpaired) electrons. The molecule has 0 spiro atoms. The van der Waals surface area contributed by atoms with E-state index in [1.807, 2.05) is 24.3 Å². The van der Waals surface area contributed by atoms with Gasteiger partial charge >= 0.3 is 0 Å². The van der Waals surface area contributed by atoms with E-state index in [-0.39, 0.29) is 17.4 Å². The minimum atomic E-state index is -0.464. The average Bonchev–Trinajstić information content (AvgIpc) is 2.26. The van der Waals surface area contributed by atoms with Crippen LogP contribution in [-0.4, -0.2) is 15.3 Å². The van der Waals surface area contributed by atoms with Gasteiger partial charge in [0, 0.05) is 5.92 Å². The fourth-order valence-electron chi connectivity index (χ4n) is 1.67. The second kappa shape index (κ2) is 3.69. The highest BCUT2D eigenvalue weighted by molar-refractivity contribution is 5.52. The molecule has 3 N–H and O–H groups in total. The van der Waals surface area contributed by atoms with Gasteiger partial charge in [-0.05, 0) is 24.1 Å². The molecule has 0 aromatic heterocycles. The lowest BCUT2D eigenvalue weighted by molar-refractivity contribution is 0.367. The van der Waals surface area contributed by atoms with E-state index < -0.39 is 5.75 Å². The van der Waals surface area contributed by atoms with Crippen molar-refractivity contribution in [3.05, 3.63) is 42.0 Å². The third kappa shape index (κ3) is 1.81. The van der Waals surface area contributed by atoms with Crippen molar-refractivity contribution in [1.82, 2.24) is 0 Å². The minimum Gasteiger partial charge on any atom is -0.504 e. The summed E-state index contributed by atoms with van der Waals surface area (Å²) in [5.74, 6) is -0.887. The molecule has 0 saturated heterocycles. The summed E-state index contributed by atoms with van der Waals surface area (Å²) < 4.78 is 0. The normalized spacial score (nSPS) is 19.3. The third-order valence-corrected chi connectivity index (χ3v) is 2.50. The van der Waals surface area contributed by atoms with E-state index >= 15 is 0 Å². The largest absolute Gasteiger partial charge is 0.504 e. The van der Waals surface area contributed by atoms with E-state index in [0.29, 0.717) is 0 Å². The van der Waals surface area contributed by atoms with E-state index in [4.69, 9.17) is 0 Å². The fourth-order valence-corrected chi connectivity index (χ4v) is 1.67. The SMILES string of the molecule is Oc1cc(C2C=CC=CC2)cc(O)c1O. The lowest BCUT2D eigenvalue weighted by atomic mass is 9.92. The van der Waals surface area contributed by atoms with E-state index in [9.17, 15) is 15.3 Å². The van der Waals surface area contributed by atoms with Crippen molar-refractivity contribution in [2.45, 2.75) is 12.3 Å². The summed E-state index contributed by atoms with van der Waals surface area (Å²) in [6.07, 6.45) is 8.72. The number of phenols is 3. The number of aromatic hydroxyl groups is 3. The van der Waals surface area contributed by atoms with Crippen LogP contribution >= 0.6 is 0 Å². The standard InChI is InChI=1S/C12H12O3/c13-10-6-9(7-11(14)12(10)15)8-4-2-1-3-5-8/h1-4,6-8,13-15H,5H2. The predicted octanol–water partition coefficient (Wildman–Crippen LogP) is 2.40. The molecule has 1 aromatic rings. The molecule has 0 aliphatic heterocycles. The van der Waals surface area contributed by atoms with Gasteiger partial charge in [-0.3, -0.25) is 0 Å². The Balaban J connectivity index is 2.37. The molecular formula is C12H12O3. The molecule has 1 aromatic carbocycles. The molecule has 0 heterocycles. The van der Waals surface area contributed by atoms with Crippen LogP contribution in [0.2, 0.25) is 0 Å². The van der Waals surface area contributed by atoms with Crippen molar-refractivity contribution in [3.63, 3.8) is 0 Å².